The van der Waals surface area contributed by atoms with Crippen LogP contribution in [0.3, 0.4) is 0 Å². The van der Waals surface area contributed by atoms with Crippen LogP contribution in [-0.2, 0) is 4.74 Å². The van der Waals surface area contributed by atoms with Gasteiger partial charge < -0.3 is 10.1 Å². The molecule has 0 atom stereocenters. The molecule has 1 N–H and O–H groups in total. The Labute approximate surface area is 108 Å². The van der Waals surface area contributed by atoms with Crippen LogP contribution in [0.1, 0.15) is 24.2 Å². The summed E-state index contributed by atoms with van der Waals surface area (Å²) in [5, 5.41) is 3.62. The van der Waals surface area contributed by atoms with Crippen LogP contribution < -0.4 is 5.32 Å². The minimum atomic E-state index is -0.411. The number of ether oxygens (including phenoxy) is 1. The third kappa shape index (κ3) is 3.12. The molecule has 0 radical (unpaired) electrons. The largest absolute Gasteiger partial charge is 0.465 e. The van der Waals surface area contributed by atoms with Gasteiger partial charge in [0.2, 0.25) is 0 Å². The van der Waals surface area contributed by atoms with E-state index < -0.39 is 5.97 Å². The first-order chi connectivity index (χ1) is 7.45. The summed E-state index contributed by atoms with van der Waals surface area (Å²) in [5.41, 5.74) is 1.03. The molecule has 0 saturated heterocycles. The molecule has 0 saturated carbocycles. The number of nitrogens with one attached hydrogen (secondary N) is 1. The molecule has 16 heavy (non-hydrogen) atoms. The van der Waals surface area contributed by atoms with Gasteiger partial charge in [0.15, 0.2) is 0 Å². The lowest BCUT2D eigenvalue weighted by Gasteiger charge is -2.15. The fourth-order valence-corrected chi connectivity index (χ4v) is 2.14. The molecule has 0 aliphatic carbocycles. The molecule has 1 rings (SSSR count). The Hall–Kier alpha value is -0.740. The molecule has 0 fully saturated rings. The molecule has 0 aliphatic rings. The van der Waals surface area contributed by atoms with E-state index in [1.807, 2.05) is 13.8 Å². The number of benzene rings is 1. The van der Waals surface area contributed by atoms with Gasteiger partial charge >= 0.3 is 5.97 Å². The van der Waals surface area contributed by atoms with Crippen LogP contribution >= 0.6 is 27.5 Å². The van der Waals surface area contributed by atoms with Gasteiger partial charge in [-0.2, -0.15) is 0 Å². The normalized spacial score (nSPS) is 10.4. The maximum Gasteiger partial charge on any atom is 0.340 e. The van der Waals surface area contributed by atoms with Crippen molar-refractivity contribution in [3.05, 3.63) is 27.2 Å². The summed E-state index contributed by atoms with van der Waals surface area (Å²) in [6, 6.07) is 3.60. The molecule has 0 unspecified atom stereocenters. The van der Waals surface area contributed by atoms with E-state index in [9.17, 15) is 4.79 Å². The Bertz CT molecular complexity index is 407. The van der Waals surface area contributed by atoms with Gasteiger partial charge in [0.25, 0.3) is 0 Å². The molecule has 1 aromatic rings. The fraction of sp³-hybridized carbons (Fsp3) is 0.364. The Kier molecular flexibility index (Phi) is 4.62. The third-order valence-corrected chi connectivity index (χ3v) is 2.65. The predicted molar refractivity (Wildman–Crippen MR) is 69.3 cm³/mol. The van der Waals surface area contributed by atoms with E-state index in [0.29, 0.717) is 16.3 Å². The monoisotopic (exact) mass is 305 g/mol. The van der Waals surface area contributed by atoms with E-state index in [-0.39, 0.29) is 6.04 Å². The Balaban J connectivity index is 3.26. The summed E-state index contributed by atoms with van der Waals surface area (Å²) in [7, 11) is 1.34. The van der Waals surface area contributed by atoms with E-state index in [2.05, 4.69) is 21.2 Å². The summed E-state index contributed by atoms with van der Waals surface area (Å²) in [6.45, 7) is 3.94. The van der Waals surface area contributed by atoms with Crippen molar-refractivity contribution in [2.45, 2.75) is 19.9 Å². The quantitative estimate of drug-likeness (QED) is 0.865. The molecule has 0 aromatic heterocycles. The van der Waals surface area contributed by atoms with E-state index in [1.54, 1.807) is 12.1 Å². The Morgan fingerprint density at radius 3 is 2.62 bits per heavy atom. The molecule has 0 bridgehead atoms. The minimum Gasteiger partial charge on any atom is -0.465 e. The summed E-state index contributed by atoms with van der Waals surface area (Å²) in [6.07, 6.45) is 0. The number of carbonyl (C=O) groups is 1. The van der Waals surface area contributed by atoms with Crippen LogP contribution in [0.25, 0.3) is 0 Å². The summed E-state index contributed by atoms with van der Waals surface area (Å²) < 4.78 is 5.45. The highest BCUT2D eigenvalue weighted by molar-refractivity contribution is 9.10. The first kappa shape index (κ1) is 13.3. The second-order valence-corrected chi connectivity index (χ2v) is 4.92. The average Bonchev–Trinajstić information content (AvgIpc) is 2.20. The number of halogens is 2. The maximum atomic E-state index is 11.6. The molecule has 0 heterocycles. The van der Waals surface area contributed by atoms with Gasteiger partial charge in [-0.25, -0.2) is 4.79 Å². The van der Waals surface area contributed by atoms with Crippen LogP contribution in [0.2, 0.25) is 5.02 Å². The van der Waals surface area contributed by atoms with E-state index in [4.69, 9.17) is 16.3 Å². The molecule has 3 nitrogen and oxygen atoms in total. The fourth-order valence-electron chi connectivity index (χ4n) is 1.28. The van der Waals surface area contributed by atoms with Gasteiger partial charge in [0, 0.05) is 10.5 Å². The summed E-state index contributed by atoms with van der Waals surface area (Å²) >= 11 is 9.37. The van der Waals surface area contributed by atoms with Crippen molar-refractivity contribution in [1.29, 1.82) is 0 Å². The van der Waals surface area contributed by atoms with Gasteiger partial charge in [-0.05, 0) is 26.0 Å². The van der Waals surface area contributed by atoms with E-state index >= 15 is 0 Å². The lowest BCUT2D eigenvalue weighted by atomic mass is 10.1. The zero-order chi connectivity index (χ0) is 12.3. The van der Waals surface area contributed by atoms with Crippen molar-refractivity contribution < 1.29 is 9.53 Å². The summed E-state index contributed by atoms with van der Waals surface area (Å²) in [4.78, 5) is 11.6. The van der Waals surface area contributed by atoms with Crippen molar-refractivity contribution in [3.8, 4) is 0 Å². The zero-order valence-corrected chi connectivity index (χ0v) is 11.6. The van der Waals surface area contributed by atoms with Crippen molar-refractivity contribution in [1.82, 2.24) is 0 Å². The van der Waals surface area contributed by atoms with Crippen LogP contribution in [0.15, 0.2) is 16.6 Å². The Morgan fingerprint density at radius 1 is 1.50 bits per heavy atom. The van der Waals surface area contributed by atoms with Crippen LogP contribution in [-0.4, -0.2) is 19.1 Å². The molecule has 1 aromatic carbocycles. The lowest BCUT2D eigenvalue weighted by Crippen LogP contribution is -2.14. The lowest BCUT2D eigenvalue weighted by molar-refractivity contribution is 0.0601. The number of hydrogen-bond donors (Lipinski definition) is 1. The van der Waals surface area contributed by atoms with E-state index in [1.165, 1.54) is 7.11 Å². The zero-order valence-electron chi connectivity index (χ0n) is 9.30. The molecule has 0 aliphatic heterocycles. The van der Waals surface area contributed by atoms with Crippen molar-refractivity contribution in [2.75, 3.05) is 12.4 Å². The first-order valence-corrected chi connectivity index (χ1v) is 5.96. The summed E-state index contributed by atoms with van der Waals surface area (Å²) in [5.74, 6) is -0.411. The van der Waals surface area contributed by atoms with Gasteiger partial charge in [-0.3, -0.25) is 0 Å². The SMILES string of the molecule is COC(=O)c1cc(Br)cc(Cl)c1NC(C)C. The molecule has 88 valence electrons. The molecule has 5 heteroatoms. The number of rotatable bonds is 3. The molecular weight excluding hydrogens is 293 g/mol. The highest BCUT2D eigenvalue weighted by Crippen LogP contribution is 2.31. The average molecular weight is 307 g/mol. The van der Waals surface area contributed by atoms with Crippen molar-refractivity contribution in [3.63, 3.8) is 0 Å². The van der Waals surface area contributed by atoms with Crippen molar-refractivity contribution >= 4 is 39.2 Å². The minimum absolute atomic E-state index is 0.182. The second-order valence-electron chi connectivity index (χ2n) is 3.60. The van der Waals surface area contributed by atoms with Gasteiger partial charge in [-0.1, -0.05) is 27.5 Å². The van der Waals surface area contributed by atoms with Crippen LogP contribution in [0.4, 0.5) is 5.69 Å². The number of esters is 1. The highest BCUT2D eigenvalue weighted by Gasteiger charge is 2.16. The van der Waals surface area contributed by atoms with E-state index in [0.717, 1.165) is 4.47 Å². The van der Waals surface area contributed by atoms with Crippen molar-refractivity contribution in [2.24, 2.45) is 0 Å². The third-order valence-electron chi connectivity index (χ3n) is 1.89. The second kappa shape index (κ2) is 5.55. The molecule has 0 amide bonds. The molecular formula is C11H13BrClNO2. The Morgan fingerprint density at radius 2 is 2.12 bits per heavy atom. The van der Waals surface area contributed by atoms with Gasteiger partial charge in [0.1, 0.15) is 0 Å². The smallest absolute Gasteiger partial charge is 0.340 e. The topological polar surface area (TPSA) is 38.3 Å². The standard InChI is InChI=1S/C11H13BrClNO2/c1-6(2)14-10-8(11(15)16-3)4-7(12)5-9(10)13/h4-6,14H,1-3H3. The van der Waals surface area contributed by atoms with Gasteiger partial charge in [-0.15, -0.1) is 0 Å². The van der Waals surface area contributed by atoms with Gasteiger partial charge in [0.05, 0.1) is 23.4 Å². The number of hydrogen-bond acceptors (Lipinski definition) is 3. The number of methoxy groups -OCH3 is 1. The number of carbonyl (C=O) groups excluding carboxylic acids is 1. The van der Waals surface area contributed by atoms with Crippen LogP contribution in [0, 0.1) is 0 Å². The molecule has 0 spiro atoms. The van der Waals surface area contributed by atoms with Crippen LogP contribution in [0.5, 0.6) is 0 Å². The highest BCUT2D eigenvalue weighted by atomic mass is 79.9. The maximum absolute atomic E-state index is 11.6. The first-order valence-electron chi connectivity index (χ1n) is 4.79. The number of anilines is 1. The predicted octanol–water partition coefficient (Wildman–Crippen LogP) is 3.71.